The van der Waals surface area contributed by atoms with E-state index in [1.807, 2.05) is 0 Å². The number of aryl methyl sites for hydroxylation is 1. The third-order valence-corrected chi connectivity index (χ3v) is 5.02. The van der Waals surface area contributed by atoms with Crippen molar-refractivity contribution in [2.75, 3.05) is 26.2 Å². The minimum absolute atomic E-state index is 0.462. The van der Waals surface area contributed by atoms with E-state index in [9.17, 15) is 0 Å². The number of piperidine rings is 1. The van der Waals surface area contributed by atoms with Gasteiger partial charge in [-0.25, -0.2) is 0 Å². The van der Waals surface area contributed by atoms with Crippen molar-refractivity contribution in [1.82, 2.24) is 4.90 Å². The maximum Gasteiger partial charge on any atom is 0.0599 e. The second-order valence-electron chi connectivity index (χ2n) is 6.41. The van der Waals surface area contributed by atoms with E-state index in [0.717, 1.165) is 25.6 Å². The van der Waals surface area contributed by atoms with Crippen molar-refractivity contribution in [2.24, 2.45) is 5.73 Å². The SMILES string of the molecule is NCCCOC1CCN(C2CCc3ccccc3C2)CC1. The Hall–Kier alpha value is -0.900. The van der Waals surface area contributed by atoms with Crippen LogP contribution in [-0.2, 0) is 17.6 Å². The Morgan fingerprint density at radius 3 is 2.62 bits per heavy atom. The first-order valence-electron chi connectivity index (χ1n) is 8.49. The second-order valence-corrected chi connectivity index (χ2v) is 6.41. The summed E-state index contributed by atoms with van der Waals surface area (Å²) in [5, 5.41) is 0. The zero-order valence-corrected chi connectivity index (χ0v) is 13.0. The molecule has 1 unspecified atom stereocenters. The van der Waals surface area contributed by atoms with Gasteiger partial charge in [0.25, 0.3) is 0 Å². The van der Waals surface area contributed by atoms with Gasteiger partial charge in [0, 0.05) is 25.7 Å². The summed E-state index contributed by atoms with van der Waals surface area (Å²) in [6.45, 7) is 3.96. The zero-order chi connectivity index (χ0) is 14.5. The molecule has 0 aromatic heterocycles. The molecule has 3 nitrogen and oxygen atoms in total. The first kappa shape index (κ1) is 15.0. The van der Waals surface area contributed by atoms with Crippen LogP contribution in [0.5, 0.6) is 0 Å². The van der Waals surface area contributed by atoms with Crippen molar-refractivity contribution in [3.05, 3.63) is 35.4 Å². The molecule has 1 atom stereocenters. The highest BCUT2D eigenvalue weighted by Crippen LogP contribution is 2.27. The average molecular weight is 288 g/mol. The van der Waals surface area contributed by atoms with Crippen LogP contribution in [0.2, 0.25) is 0 Å². The number of likely N-dealkylation sites (tertiary alicyclic amines) is 1. The van der Waals surface area contributed by atoms with Crippen molar-refractivity contribution < 1.29 is 4.74 Å². The molecule has 0 radical (unpaired) electrons. The van der Waals surface area contributed by atoms with E-state index in [1.165, 1.54) is 45.2 Å². The molecule has 116 valence electrons. The molecular formula is C18H28N2O. The Bertz CT molecular complexity index is 441. The molecule has 1 aliphatic heterocycles. The second kappa shape index (κ2) is 7.39. The van der Waals surface area contributed by atoms with Gasteiger partial charge < -0.3 is 10.5 Å². The minimum Gasteiger partial charge on any atom is -0.378 e. The van der Waals surface area contributed by atoms with Gasteiger partial charge in [0.1, 0.15) is 0 Å². The molecule has 2 N–H and O–H groups in total. The predicted molar refractivity (Wildman–Crippen MR) is 86.5 cm³/mol. The normalized spacial score (nSPS) is 24.0. The maximum atomic E-state index is 5.91. The Kier molecular flexibility index (Phi) is 5.28. The molecule has 1 saturated heterocycles. The van der Waals surface area contributed by atoms with E-state index in [1.54, 1.807) is 11.1 Å². The van der Waals surface area contributed by atoms with Gasteiger partial charge in [0.2, 0.25) is 0 Å². The molecule has 0 bridgehead atoms. The Labute approximate surface area is 128 Å². The summed E-state index contributed by atoms with van der Waals surface area (Å²) in [4.78, 5) is 2.69. The van der Waals surface area contributed by atoms with Crippen molar-refractivity contribution in [1.29, 1.82) is 0 Å². The van der Waals surface area contributed by atoms with Crippen LogP contribution in [0.25, 0.3) is 0 Å². The van der Waals surface area contributed by atoms with E-state index in [-0.39, 0.29) is 0 Å². The highest BCUT2D eigenvalue weighted by atomic mass is 16.5. The summed E-state index contributed by atoms with van der Waals surface area (Å²) in [6.07, 6.45) is 7.60. The summed E-state index contributed by atoms with van der Waals surface area (Å²) in [5.74, 6) is 0. The molecule has 1 heterocycles. The molecule has 0 amide bonds. The summed E-state index contributed by atoms with van der Waals surface area (Å²) in [7, 11) is 0. The number of nitrogens with zero attached hydrogens (tertiary/aromatic N) is 1. The summed E-state index contributed by atoms with van der Waals surface area (Å²) in [5.41, 5.74) is 8.64. The van der Waals surface area contributed by atoms with Crippen molar-refractivity contribution in [3.63, 3.8) is 0 Å². The number of hydrogen-bond acceptors (Lipinski definition) is 3. The molecule has 1 fully saturated rings. The third-order valence-electron chi connectivity index (χ3n) is 5.02. The topological polar surface area (TPSA) is 38.5 Å². The molecule has 3 heteroatoms. The monoisotopic (exact) mass is 288 g/mol. The molecule has 0 saturated carbocycles. The molecule has 2 aliphatic rings. The number of fused-ring (bicyclic) bond motifs is 1. The zero-order valence-electron chi connectivity index (χ0n) is 13.0. The molecule has 1 aromatic rings. The first-order chi connectivity index (χ1) is 10.4. The number of benzene rings is 1. The van der Waals surface area contributed by atoms with E-state index in [2.05, 4.69) is 29.2 Å². The lowest BCUT2D eigenvalue weighted by atomic mass is 9.86. The van der Waals surface area contributed by atoms with Gasteiger partial charge in [-0.3, -0.25) is 4.90 Å². The highest BCUT2D eigenvalue weighted by molar-refractivity contribution is 5.30. The van der Waals surface area contributed by atoms with Gasteiger partial charge in [-0.15, -0.1) is 0 Å². The predicted octanol–water partition coefficient (Wildman–Crippen LogP) is 2.37. The highest BCUT2D eigenvalue weighted by Gasteiger charge is 2.28. The quantitative estimate of drug-likeness (QED) is 0.845. The first-order valence-corrected chi connectivity index (χ1v) is 8.49. The van der Waals surface area contributed by atoms with E-state index < -0.39 is 0 Å². The number of hydrogen-bond donors (Lipinski definition) is 1. The summed E-state index contributed by atoms with van der Waals surface area (Å²) in [6, 6.07) is 9.69. The number of nitrogens with two attached hydrogens (primary N) is 1. The van der Waals surface area contributed by atoms with Gasteiger partial charge in [-0.1, -0.05) is 24.3 Å². The Morgan fingerprint density at radius 1 is 1.10 bits per heavy atom. The van der Waals surface area contributed by atoms with Crippen LogP contribution in [0.1, 0.15) is 36.8 Å². The van der Waals surface area contributed by atoms with Gasteiger partial charge >= 0.3 is 0 Å². The fourth-order valence-electron chi connectivity index (χ4n) is 3.73. The van der Waals surface area contributed by atoms with Gasteiger partial charge in [-0.05, 0) is 56.2 Å². The van der Waals surface area contributed by atoms with Crippen molar-refractivity contribution in [3.8, 4) is 0 Å². The molecule has 21 heavy (non-hydrogen) atoms. The lowest BCUT2D eigenvalue weighted by Crippen LogP contribution is -2.45. The van der Waals surface area contributed by atoms with E-state index in [0.29, 0.717) is 6.10 Å². The number of ether oxygens (including phenoxy) is 1. The molecule has 1 aromatic carbocycles. The van der Waals surface area contributed by atoms with Crippen LogP contribution in [0.4, 0.5) is 0 Å². The van der Waals surface area contributed by atoms with Crippen LogP contribution in [0.3, 0.4) is 0 Å². The molecule has 3 rings (SSSR count). The largest absolute Gasteiger partial charge is 0.378 e. The van der Waals surface area contributed by atoms with Crippen LogP contribution in [0, 0.1) is 0 Å². The average Bonchev–Trinajstić information content (AvgIpc) is 2.55. The van der Waals surface area contributed by atoms with Gasteiger partial charge in [0.05, 0.1) is 6.10 Å². The third kappa shape index (κ3) is 3.85. The Balaban J connectivity index is 1.47. The fourth-order valence-corrected chi connectivity index (χ4v) is 3.73. The van der Waals surface area contributed by atoms with Crippen molar-refractivity contribution in [2.45, 2.75) is 50.7 Å². The minimum atomic E-state index is 0.462. The van der Waals surface area contributed by atoms with Crippen LogP contribution >= 0.6 is 0 Å². The lowest BCUT2D eigenvalue weighted by molar-refractivity contribution is -0.00356. The smallest absolute Gasteiger partial charge is 0.0599 e. The standard InChI is InChI=1S/C18H28N2O/c19-10-3-13-21-18-8-11-20(12-9-18)17-7-6-15-4-1-2-5-16(15)14-17/h1-2,4-5,17-18H,3,6-14,19H2. The number of rotatable bonds is 5. The summed E-state index contributed by atoms with van der Waals surface area (Å²) < 4.78 is 5.91. The van der Waals surface area contributed by atoms with Gasteiger partial charge in [-0.2, -0.15) is 0 Å². The van der Waals surface area contributed by atoms with Crippen LogP contribution in [-0.4, -0.2) is 43.3 Å². The molecular weight excluding hydrogens is 260 g/mol. The fraction of sp³-hybridized carbons (Fsp3) is 0.667. The van der Waals surface area contributed by atoms with E-state index >= 15 is 0 Å². The lowest BCUT2D eigenvalue weighted by Gasteiger charge is -2.39. The van der Waals surface area contributed by atoms with Crippen molar-refractivity contribution >= 4 is 0 Å². The van der Waals surface area contributed by atoms with E-state index in [4.69, 9.17) is 10.5 Å². The van der Waals surface area contributed by atoms with Gasteiger partial charge in [0.15, 0.2) is 0 Å². The summed E-state index contributed by atoms with van der Waals surface area (Å²) >= 11 is 0. The Morgan fingerprint density at radius 2 is 1.86 bits per heavy atom. The molecule has 1 aliphatic carbocycles. The van der Waals surface area contributed by atoms with Crippen LogP contribution in [0.15, 0.2) is 24.3 Å². The maximum absolute atomic E-state index is 5.91. The van der Waals surface area contributed by atoms with Crippen LogP contribution < -0.4 is 5.73 Å². The molecule has 0 spiro atoms.